The molecule has 1 aliphatic heterocycles. The summed E-state index contributed by atoms with van der Waals surface area (Å²) in [6, 6.07) is 11.9. The van der Waals surface area contributed by atoms with Gasteiger partial charge in [0.25, 0.3) is 0 Å². The molecule has 3 rings (SSSR count). The van der Waals surface area contributed by atoms with E-state index in [1.165, 1.54) is 12.1 Å². The van der Waals surface area contributed by atoms with Crippen molar-refractivity contribution in [1.29, 1.82) is 0 Å². The smallest absolute Gasteiger partial charge is 0.132 e. The number of benzene rings is 2. The molecule has 0 bridgehead atoms. The standard InChI is InChI=1S/C15H11FO2/c16-11-5-6-15-13(7-11)14(8-17)12-4-2-1-3-10(12)9-18-15/h1-8,14H,9H2/t14-/m1/s1. The molecule has 0 fully saturated rings. The fourth-order valence-electron chi connectivity index (χ4n) is 2.33. The van der Waals surface area contributed by atoms with E-state index in [9.17, 15) is 9.18 Å². The number of carbonyl (C=O) groups excluding carboxylic acids is 1. The monoisotopic (exact) mass is 242 g/mol. The minimum absolute atomic E-state index is 0.358. The topological polar surface area (TPSA) is 26.3 Å². The lowest BCUT2D eigenvalue weighted by atomic mass is 9.90. The highest BCUT2D eigenvalue weighted by Crippen LogP contribution is 2.36. The van der Waals surface area contributed by atoms with Crippen LogP contribution in [0, 0.1) is 5.82 Å². The number of rotatable bonds is 1. The van der Waals surface area contributed by atoms with Gasteiger partial charge in [-0.25, -0.2) is 4.39 Å². The largest absolute Gasteiger partial charge is 0.489 e. The van der Waals surface area contributed by atoms with Crippen LogP contribution in [0.15, 0.2) is 42.5 Å². The van der Waals surface area contributed by atoms with Gasteiger partial charge in [0, 0.05) is 5.56 Å². The molecule has 3 heteroatoms. The summed E-state index contributed by atoms with van der Waals surface area (Å²) in [7, 11) is 0. The van der Waals surface area contributed by atoms with Gasteiger partial charge < -0.3 is 9.53 Å². The maximum absolute atomic E-state index is 13.3. The van der Waals surface area contributed by atoms with Crippen molar-refractivity contribution in [3.05, 3.63) is 65.0 Å². The molecule has 0 spiro atoms. The normalized spacial score (nSPS) is 17.1. The molecule has 0 amide bonds. The first-order valence-electron chi connectivity index (χ1n) is 5.75. The van der Waals surface area contributed by atoms with E-state index in [2.05, 4.69) is 0 Å². The van der Waals surface area contributed by atoms with E-state index in [0.29, 0.717) is 17.9 Å². The SMILES string of the molecule is O=C[C@@H]1c2ccccc2COc2ccc(F)cc21. The van der Waals surface area contributed by atoms with E-state index in [1.54, 1.807) is 6.07 Å². The molecule has 0 N–H and O–H groups in total. The summed E-state index contributed by atoms with van der Waals surface area (Å²) in [5.74, 6) is -0.248. The molecule has 1 atom stereocenters. The summed E-state index contributed by atoms with van der Waals surface area (Å²) < 4.78 is 19.0. The summed E-state index contributed by atoms with van der Waals surface area (Å²) in [5.41, 5.74) is 2.44. The Morgan fingerprint density at radius 2 is 2.00 bits per heavy atom. The average Bonchev–Trinajstić information content (AvgIpc) is 2.54. The van der Waals surface area contributed by atoms with Crippen LogP contribution in [-0.2, 0) is 11.4 Å². The first-order chi connectivity index (χ1) is 8.79. The Kier molecular flexibility index (Phi) is 2.59. The predicted octanol–water partition coefficient (Wildman–Crippen LogP) is 3.05. The number of hydrogen-bond acceptors (Lipinski definition) is 2. The molecular weight excluding hydrogens is 231 g/mol. The Morgan fingerprint density at radius 3 is 2.83 bits per heavy atom. The van der Waals surface area contributed by atoms with Crippen molar-refractivity contribution in [3.8, 4) is 5.75 Å². The maximum atomic E-state index is 13.3. The lowest BCUT2D eigenvalue weighted by Crippen LogP contribution is -2.03. The van der Waals surface area contributed by atoms with E-state index in [1.807, 2.05) is 24.3 Å². The predicted molar refractivity (Wildman–Crippen MR) is 65.1 cm³/mol. The number of hydrogen-bond donors (Lipinski definition) is 0. The Labute approximate surface area is 104 Å². The first kappa shape index (κ1) is 11.0. The van der Waals surface area contributed by atoms with Gasteiger partial charge in [-0.3, -0.25) is 0 Å². The van der Waals surface area contributed by atoms with Crippen molar-refractivity contribution < 1.29 is 13.9 Å². The summed E-state index contributed by atoms with van der Waals surface area (Å²) in [6.07, 6.45) is 0.839. The Bertz CT molecular complexity index is 607. The van der Waals surface area contributed by atoms with Gasteiger partial charge in [0.1, 0.15) is 24.5 Å². The third kappa shape index (κ3) is 1.68. The van der Waals surface area contributed by atoms with Gasteiger partial charge in [0.15, 0.2) is 0 Å². The molecule has 0 aliphatic carbocycles. The second kappa shape index (κ2) is 4.26. The van der Waals surface area contributed by atoms with Crippen molar-refractivity contribution in [2.45, 2.75) is 12.5 Å². The summed E-state index contributed by atoms with van der Waals surface area (Å²) in [6.45, 7) is 0.402. The highest BCUT2D eigenvalue weighted by Gasteiger charge is 2.24. The minimum Gasteiger partial charge on any atom is -0.489 e. The van der Waals surface area contributed by atoms with Crippen LogP contribution in [0.1, 0.15) is 22.6 Å². The molecule has 0 aromatic heterocycles. The molecule has 1 heterocycles. The molecule has 0 unspecified atom stereocenters. The number of aldehydes is 1. The lowest BCUT2D eigenvalue weighted by Gasteiger charge is -2.12. The first-order valence-corrected chi connectivity index (χ1v) is 5.75. The number of halogens is 1. The third-order valence-electron chi connectivity index (χ3n) is 3.22. The quantitative estimate of drug-likeness (QED) is 0.718. The van der Waals surface area contributed by atoms with Crippen LogP contribution in [0.4, 0.5) is 4.39 Å². The molecule has 2 aromatic carbocycles. The number of fused-ring (bicyclic) bond motifs is 2. The van der Waals surface area contributed by atoms with Crippen LogP contribution in [-0.4, -0.2) is 6.29 Å². The highest BCUT2D eigenvalue weighted by atomic mass is 19.1. The second-order valence-corrected chi connectivity index (χ2v) is 4.28. The number of ether oxygens (including phenoxy) is 1. The molecule has 0 saturated carbocycles. The van der Waals surface area contributed by atoms with Gasteiger partial charge in [-0.2, -0.15) is 0 Å². The van der Waals surface area contributed by atoms with Gasteiger partial charge in [-0.1, -0.05) is 24.3 Å². The van der Waals surface area contributed by atoms with Gasteiger partial charge in [-0.15, -0.1) is 0 Å². The zero-order chi connectivity index (χ0) is 12.5. The Morgan fingerprint density at radius 1 is 1.17 bits per heavy atom. The van der Waals surface area contributed by atoms with Crippen molar-refractivity contribution in [3.63, 3.8) is 0 Å². The molecule has 2 aromatic rings. The average molecular weight is 242 g/mol. The van der Waals surface area contributed by atoms with Crippen molar-refractivity contribution >= 4 is 6.29 Å². The Balaban J connectivity index is 2.23. The van der Waals surface area contributed by atoms with Crippen molar-refractivity contribution in [1.82, 2.24) is 0 Å². The highest BCUT2D eigenvalue weighted by molar-refractivity contribution is 5.71. The van der Waals surface area contributed by atoms with E-state index in [-0.39, 0.29) is 5.82 Å². The summed E-state index contributed by atoms with van der Waals surface area (Å²) in [4.78, 5) is 11.4. The third-order valence-corrected chi connectivity index (χ3v) is 3.22. The van der Waals surface area contributed by atoms with Crippen molar-refractivity contribution in [2.75, 3.05) is 0 Å². The molecule has 0 saturated heterocycles. The molecule has 90 valence electrons. The van der Waals surface area contributed by atoms with Gasteiger partial charge in [-0.05, 0) is 29.3 Å². The fourth-order valence-corrected chi connectivity index (χ4v) is 2.33. The van der Waals surface area contributed by atoms with Crippen LogP contribution in [0.5, 0.6) is 5.75 Å². The van der Waals surface area contributed by atoms with Gasteiger partial charge >= 0.3 is 0 Å². The van der Waals surface area contributed by atoms with Gasteiger partial charge in [0.2, 0.25) is 0 Å². The van der Waals surface area contributed by atoms with Crippen LogP contribution >= 0.6 is 0 Å². The second-order valence-electron chi connectivity index (χ2n) is 4.28. The van der Waals surface area contributed by atoms with E-state index < -0.39 is 5.92 Å². The molecule has 2 nitrogen and oxygen atoms in total. The fraction of sp³-hybridized carbons (Fsp3) is 0.133. The lowest BCUT2D eigenvalue weighted by molar-refractivity contribution is -0.108. The zero-order valence-electron chi connectivity index (χ0n) is 9.60. The van der Waals surface area contributed by atoms with Crippen LogP contribution in [0.2, 0.25) is 0 Å². The molecular formula is C15H11FO2. The van der Waals surface area contributed by atoms with E-state index in [0.717, 1.165) is 17.4 Å². The summed E-state index contributed by atoms with van der Waals surface area (Å²) >= 11 is 0. The Hall–Kier alpha value is -2.16. The molecule has 0 radical (unpaired) electrons. The van der Waals surface area contributed by atoms with Gasteiger partial charge in [0.05, 0.1) is 5.92 Å². The van der Waals surface area contributed by atoms with Crippen molar-refractivity contribution in [2.24, 2.45) is 0 Å². The zero-order valence-corrected chi connectivity index (χ0v) is 9.60. The van der Waals surface area contributed by atoms with Crippen LogP contribution in [0.25, 0.3) is 0 Å². The molecule has 1 aliphatic rings. The minimum atomic E-state index is -0.464. The molecule has 18 heavy (non-hydrogen) atoms. The number of carbonyl (C=O) groups is 1. The van der Waals surface area contributed by atoms with E-state index in [4.69, 9.17) is 4.74 Å². The maximum Gasteiger partial charge on any atom is 0.132 e. The van der Waals surface area contributed by atoms with Crippen LogP contribution < -0.4 is 4.74 Å². The summed E-state index contributed by atoms with van der Waals surface area (Å²) in [5, 5.41) is 0. The van der Waals surface area contributed by atoms with E-state index >= 15 is 0 Å². The van der Waals surface area contributed by atoms with Crippen LogP contribution in [0.3, 0.4) is 0 Å².